The van der Waals surface area contributed by atoms with Gasteiger partial charge in [-0.15, -0.1) is 0 Å². The largest absolute Gasteiger partial charge is 0.481 e. The molecule has 7 nitrogen and oxygen atoms in total. The van der Waals surface area contributed by atoms with E-state index in [9.17, 15) is 14.7 Å². The number of aromatic nitrogens is 1. The number of carboxylic acids is 1. The number of amides is 1. The lowest BCUT2D eigenvalue weighted by molar-refractivity contribution is -0.200. The molecule has 0 spiro atoms. The molecular weight excluding hydrogens is 320 g/mol. The summed E-state index contributed by atoms with van der Waals surface area (Å²) in [7, 11) is 0. The summed E-state index contributed by atoms with van der Waals surface area (Å²) >= 11 is 3.18. The van der Waals surface area contributed by atoms with Gasteiger partial charge >= 0.3 is 5.97 Å². The lowest BCUT2D eigenvalue weighted by Gasteiger charge is -2.43. The zero-order valence-electron chi connectivity index (χ0n) is 9.55. The summed E-state index contributed by atoms with van der Waals surface area (Å²) in [6.45, 7) is -0.0839. The van der Waals surface area contributed by atoms with E-state index >= 15 is 0 Å². The first-order valence-electron chi connectivity index (χ1n) is 5.48. The second-order valence-electron chi connectivity index (χ2n) is 4.42. The maximum atomic E-state index is 12.0. The van der Waals surface area contributed by atoms with Gasteiger partial charge < -0.3 is 19.9 Å². The Labute approximate surface area is 116 Å². The maximum absolute atomic E-state index is 12.0. The lowest BCUT2D eigenvalue weighted by atomic mass is 9.79. The summed E-state index contributed by atoms with van der Waals surface area (Å²) in [5, 5.41) is 11.8. The van der Waals surface area contributed by atoms with Crippen molar-refractivity contribution < 1.29 is 24.2 Å². The summed E-state index contributed by atoms with van der Waals surface area (Å²) in [6.07, 6.45) is -1.12. The number of carboxylic acid groups (broad SMARTS) is 1. The van der Waals surface area contributed by atoms with Crippen LogP contribution in [0.15, 0.2) is 16.7 Å². The molecule has 3 rings (SSSR count). The molecular formula is C11H9BrN2O5. The number of rotatable bonds is 2. The maximum Gasteiger partial charge on any atom is 0.318 e. The highest BCUT2D eigenvalue weighted by Crippen LogP contribution is 2.39. The molecule has 0 aliphatic carbocycles. The minimum absolute atomic E-state index is 0.0420. The first kappa shape index (κ1) is 12.4. The second-order valence-corrected chi connectivity index (χ2v) is 5.23. The highest BCUT2D eigenvalue weighted by molar-refractivity contribution is 9.10. The van der Waals surface area contributed by atoms with Crippen molar-refractivity contribution in [3.05, 3.63) is 16.7 Å². The fraction of sp³-hybridized carbons (Fsp3) is 0.364. The molecule has 1 aromatic rings. The van der Waals surface area contributed by atoms with Gasteiger partial charge in [0.15, 0.2) is 23.1 Å². The highest BCUT2D eigenvalue weighted by Gasteiger charge is 2.58. The molecule has 1 aromatic heterocycles. The van der Waals surface area contributed by atoms with E-state index in [-0.39, 0.29) is 19.0 Å². The third kappa shape index (κ3) is 1.79. The summed E-state index contributed by atoms with van der Waals surface area (Å²) in [5.41, 5.74) is -1.32. The average Bonchev–Trinajstić information content (AvgIpc) is 2.28. The number of hydrogen-bond acceptors (Lipinski definition) is 5. The van der Waals surface area contributed by atoms with E-state index in [2.05, 4.69) is 26.2 Å². The Morgan fingerprint density at radius 3 is 2.84 bits per heavy atom. The molecule has 2 N–H and O–H groups in total. The number of aliphatic carboxylic acids is 1. The van der Waals surface area contributed by atoms with E-state index < -0.39 is 23.4 Å². The third-order valence-electron chi connectivity index (χ3n) is 3.20. The van der Waals surface area contributed by atoms with Crippen LogP contribution in [0.1, 0.15) is 0 Å². The Bertz CT molecular complexity index is 572. The summed E-state index contributed by atoms with van der Waals surface area (Å²) in [5.74, 6) is -1.01. The van der Waals surface area contributed by atoms with Gasteiger partial charge in [0.2, 0.25) is 0 Å². The van der Waals surface area contributed by atoms with Gasteiger partial charge in [-0.3, -0.25) is 9.59 Å². The summed E-state index contributed by atoms with van der Waals surface area (Å²) in [6, 6.07) is 3.27. The van der Waals surface area contributed by atoms with Gasteiger partial charge in [-0.2, -0.15) is 0 Å². The van der Waals surface area contributed by atoms with Gasteiger partial charge in [0.25, 0.3) is 5.91 Å². The predicted octanol–water partition coefficient (Wildman–Crippen LogP) is 0.645. The van der Waals surface area contributed by atoms with Crippen molar-refractivity contribution in [3.8, 4) is 5.75 Å². The Morgan fingerprint density at radius 1 is 1.53 bits per heavy atom. The molecule has 2 aliphatic rings. The van der Waals surface area contributed by atoms with E-state index in [4.69, 9.17) is 9.47 Å². The van der Waals surface area contributed by atoms with Gasteiger partial charge in [-0.1, -0.05) is 0 Å². The molecule has 19 heavy (non-hydrogen) atoms. The van der Waals surface area contributed by atoms with Crippen molar-refractivity contribution in [2.45, 2.75) is 6.10 Å². The highest BCUT2D eigenvalue weighted by atomic mass is 79.9. The third-order valence-corrected chi connectivity index (χ3v) is 3.64. The molecule has 1 unspecified atom stereocenters. The van der Waals surface area contributed by atoms with Crippen LogP contribution in [0.25, 0.3) is 0 Å². The van der Waals surface area contributed by atoms with Gasteiger partial charge in [-0.05, 0) is 28.1 Å². The fourth-order valence-electron chi connectivity index (χ4n) is 2.04. The van der Waals surface area contributed by atoms with Crippen molar-refractivity contribution in [1.82, 2.24) is 4.98 Å². The zero-order chi connectivity index (χ0) is 13.6. The molecule has 1 saturated heterocycles. The van der Waals surface area contributed by atoms with Crippen LogP contribution in [0.4, 0.5) is 5.82 Å². The number of nitrogens with zero attached hydrogens (tertiary/aromatic N) is 1. The second kappa shape index (κ2) is 4.17. The van der Waals surface area contributed by atoms with E-state index in [1.165, 1.54) is 0 Å². The number of fused-ring (bicyclic) bond motifs is 1. The van der Waals surface area contributed by atoms with Crippen LogP contribution in [-0.2, 0) is 14.3 Å². The normalized spacial score (nSPS) is 23.6. The van der Waals surface area contributed by atoms with Crippen molar-refractivity contribution >= 4 is 33.6 Å². The Morgan fingerprint density at radius 2 is 2.26 bits per heavy atom. The molecule has 0 radical (unpaired) electrons. The topological polar surface area (TPSA) is 97.8 Å². The average molecular weight is 329 g/mol. The molecule has 8 heteroatoms. The molecule has 1 fully saturated rings. The number of ether oxygens (including phenoxy) is 2. The molecule has 0 aromatic carbocycles. The molecule has 2 aliphatic heterocycles. The number of pyridine rings is 1. The first-order valence-corrected chi connectivity index (χ1v) is 6.27. The van der Waals surface area contributed by atoms with E-state index in [1.54, 1.807) is 12.1 Å². The quantitative estimate of drug-likeness (QED) is 0.773. The number of hydrogen-bond donors (Lipinski definition) is 2. The molecule has 1 amide bonds. The van der Waals surface area contributed by atoms with Crippen LogP contribution in [0.5, 0.6) is 5.75 Å². The number of anilines is 1. The van der Waals surface area contributed by atoms with Gasteiger partial charge in [0.1, 0.15) is 4.60 Å². The smallest absolute Gasteiger partial charge is 0.318 e. The van der Waals surface area contributed by atoms with E-state index in [1.807, 2.05) is 0 Å². The van der Waals surface area contributed by atoms with Crippen LogP contribution < -0.4 is 10.1 Å². The minimum Gasteiger partial charge on any atom is -0.481 e. The SMILES string of the molecule is O=C1Nc2nc(Br)ccc2OC1C1(C(=O)O)COC1. The Hall–Kier alpha value is -1.67. The molecule has 3 heterocycles. The molecule has 1 atom stereocenters. The minimum atomic E-state index is -1.32. The number of carbonyl (C=O) groups excluding carboxylic acids is 1. The van der Waals surface area contributed by atoms with E-state index in [0.29, 0.717) is 10.4 Å². The molecule has 0 bridgehead atoms. The summed E-state index contributed by atoms with van der Waals surface area (Å²) in [4.78, 5) is 27.4. The Balaban J connectivity index is 1.96. The summed E-state index contributed by atoms with van der Waals surface area (Å²) < 4.78 is 11.0. The van der Waals surface area contributed by atoms with Crippen molar-refractivity contribution in [1.29, 1.82) is 0 Å². The van der Waals surface area contributed by atoms with Crippen LogP contribution in [-0.4, -0.2) is 41.3 Å². The number of nitrogens with one attached hydrogen (secondary N) is 1. The standard InChI is InChI=1S/C11H9BrN2O5/c12-6-2-1-5-8(13-6)14-9(15)7(19-5)11(10(16)17)3-18-4-11/h1-2,7H,3-4H2,(H,16,17)(H,13,14,15). The van der Waals surface area contributed by atoms with E-state index in [0.717, 1.165) is 0 Å². The monoisotopic (exact) mass is 328 g/mol. The van der Waals surface area contributed by atoms with Gasteiger partial charge in [-0.25, -0.2) is 4.98 Å². The van der Waals surface area contributed by atoms with Crippen LogP contribution >= 0.6 is 15.9 Å². The van der Waals surface area contributed by atoms with Crippen molar-refractivity contribution in [2.24, 2.45) is 5.41 Å². The number of carbonyl (C=O) groups is 2. The first-order chi connectivity index (χ1) is 9.03. The number of halogens is 1. The lowest BCUT2D eigenvalue weighted by Crippen LogP contribution is -2.63. The van der Waals surface area contributed by atoms with Crippen molar-refractivity contribution in [2.75, 3.05) is 18.5 Å². The van der Waals surface area contributed by atoms with Gasteiger partial charge in [0, 0.05) is 0 Å². The predicted molar refractivity (Wildman–Crippen MR) is 65.9 cm³/mol. The zero-order valence-corrected chi connectivity index (χ0v) is 11.1. The molecule has 0 saturated carbocycles. The van der Waals surface area contributed by atoms with Crippen LogP contribution in [0.2, 0.25) is 0 Å². The van der Waals surface area contributed by atoms with Crippen molar-refractivity contribution in [3.63, 3.8) is 0 Å². The molecule has 100 valence electrons. The van der Waals surface area contributed by atoms with Crippen LogP contribution in [0.3, 0.4) is 0 Å². The fourth-order valence-corrected chi connectivity index (χ4v) is 2.35. The van der Waals surface area contributed by atoms with Gasteiger partial charge in [0.05, 0.1) is 13.2 Å². The van der Waals surface area contributed by atoms with Crippen LogP contribution in [0, 0.1) is 5.41 Å². The Kier molecular flexibility index (Phi) is 2.72.